The lowest BCUT2D eigenvalue weighted by Crippen LogP contribution is -2.58. The van der Waals surface area contributed by atoms with E-state index in [1.807, 2.05) is 64.1 Å². The van der Waals surface area contributed by atoms with Gasteiger partial charge in [0.1, 0.15) is 18.2 Å². The SMILES string of the molecule is CCN(CC)CC(OC(=O)[C@@H]1CCCN1C(=O)/C(C)=C/[C@H](C(C)C)N(C)C(=O)[C@@H](NC(=O)C1CCCCN1C(C)C)C(C)C)c1ccccc1. The Kier molecular flexibility index (Phi) is 16.0. The zero-order valence-corrected chi connectivity index (χ0v) is 32.5. The molecule has 2 unspecified atom stereocenters. The van der Waals surface area contributed by atoms with Gasteiger partial charge in [-0.05, 0) is 83.5 Å². The summed E-state index contributed by atoms with van der Waals surface area (Å²) in [6.45, 7) is 21.7. The van der Waals surface area contributed by atoms with Crippen molar-refractivity contribution in [1.82, 2.24) is 24.9 Å². The molecule has 2 saturated heterocycles. The van der Waals surface area contributed by atoms with Crippen molar-refractivity contribution in [3.05, 3.63) is 47.5 Å². The van der Waals surface area contributed by atoms with E-state index in [1.165, 1.54) is 0 Å². The minimum atomic E-state index is -0.694. The molecule has 2 heterocycles. The summed E-state index contributed by atoms with van der Waals surface area (Å²) in [6, 6.07) is 8.02. The number of esters is 1. The molecule has 2 aliphatic rings. The molecule has 2 aliphatic heterocycles. The van der Waals surface area contributed by atoms with Crippen molar-refractivity contribution < 1.29 is 23.9 Å². The summed E-state index contributed by atoms with van der Waals surface area (Å²) in [6.07, 6.45) is 5.51. The van der Waals surface area contributed by atoms with Gasteiger partial charge in [0.2, 0.25) is 17.7 Å². The molecule has 1 N–H and O–H groups in total. The van der Waals surface area contributed by atoms with E-state index in [0.717, 1.165) is 44.5 Å². The molecule has 0 radical (unpaired) electrons. The van der Waals surface area contributed by atoms with Crippen LogP contribution >= 0.6 is 0 Å². The number of carbonyl (C=O) groups is 4. The second-order valence-corrected chi connectivity index (χ2v) is 15.1. The van der Waals surface area contributed by atoms with Crippen LogP contribution in [0.5, 0.6) is 0 Å². The van der Waals surface area contributed by atoms with E-state index in [2.05, 4.69) is 42.8 Å². The highest BCUT2D eigenvalue weighted by atomic mass is 16.5. The first-order chi connectivity index (χ1) is 23.7. The number of benzene rings is 1. The Morgan fingerprint density at radius 2 is 1.54 bits per heavy atom. The first-order valence-corrected chi connectivity index (χ1v) is 19.0. The summed E-state index contributed by atoms with van der Waals surface area (Å²) in [5, 5.41) is 3.11. The molecule has 0 aromatic heterocycles. The third-order valence-corrected chi connectivity index (χ3v) is 10.5. The summed E-state index contributed by atoms with van der Waals surface area (Å²) in [7, 11) is 1.75. The minimum Gasteiger partial charge on any atom is -0.455 e. The van der Waals surface area contributed by atoms with Gasteiger partial charge in [-0.2, -0.15) is 0 Å². The van der Waals surface area contributed by atoms with Crippen molar-refractivity contribution >= 4 is 23.7 Å². The first kappa shape index (κ1) is 41.2. The van der Waals surface area contributed by atoms with Gasteiger partial charge in [-0.15, -0.1) is 0 Å². The fourth-order valence-corrected chi connectivity index (χ4v) is 7.36. The third kappa shape index (κ3) is 10.6. The molecule has 3 amide bonds. The monoisotopic (exact) mass is 695 g/mol. The average molecular weight is 696 g/mol. The normalized spacial score (nSPS) is 20.7. The number of nitrogens with zero attached hydrogens (tertiary/aromatic N) is 4. The van der Waals surface area contributed by atoms with Crippen LogP contribution in [0.25, 0.3) is 0 Å². The molecule has 10 nitrogen and oxygen atoms in total. The predicted molar refractivity (Wildman–Crippen MR) is 199 cm³/mol. The molecule has 0 aliphatic carbocycles. The third-order valence-electron chi connectivity index (χ3n) is 10.5. The lowest BCUT2D eigenvalue weighted by Gasteiger charge is -2.39. The summed E-state index contributed by atoms with van der Waals surface area (Å²) in [4.78, 5) is 63.1. The van der Waals surface area contributed by atoms with E-state index in [-0.39, 0.29) is 47.6 Å². The maximum atomic E-state index is 14.1. The number of likely N-dealkylation sites (N-methyl/N-ethyl adjacent to an activating group) is 2. The summed E-state index contributed by atoms with van der Waals surface area (Å²) in [5.41, 5.74) is 1.41. The van der Waals surface area contributed by atoms with Crippen molar-refractivity contribution in [2.75, 3.05) is 39.8 Å². The largest absolute Gasteiger partial charge is 0.455 e. The van der Waals surface area contributed by atoms with Gasteiger partial charge in [-0.25, -0.2) is 4.79 Å². The zero-order chi connectivity index (χ0) is 37.1. The first-order valence-electron chi connectivity index (χ1n) is 19.0. The number of amides is 3. The van der Waals surface area contributed by atoms with Gasteiger partial charge in [-0.3, -0.25) is 24.2 Å². The number of nitrogens with one attached hydrogen (secondary N) is 1. The summed E-state index contributed by atoms with van der Waals surface area (Å²) in [5.74, 6) is -1.02. The van der Waals surface area contributed by atoms with Crippen LogP contribution in [0.3, 0.4) is 0 Å². The van der Waals surface area contributed by atoms with Crippen molar-refractivity contribution in [2.24, 2.45) is 11.8 Å². The molecule has 1 aromatic rings. The van der Waals surface area contributed by atoms with Gasteiger partial charge >= 0.3 is 5.97 Å². The topological polar surface area (TPSA) is 102 Å². The predicted octanol–water partition coefficient (Wildman–Crippen LogP) is 5.44. The van der Waals surface area contributed by atoms with E-state index in [4.69, 9.17) is 4.74 Å². The van der Waals surface area contributed by atoms with Crippen LogP contribution in [0.1, 0.15) is 106 Å². The molecule has 3 rings (SSSR count). The van der Waals surface area contributed by atoms with E-state index in [9.17, 15) is 19.2 Å². The molecule has 5 atom stereocenters. The van der Waals surface area contributed by atoms with Gasteiger partial charge < -0.3 is 19.9 Å². The molecule has 280 valence electrons. The fourth-order valence-electron chi connectivity index (χ4n) is 7.36. The molecular weight excluding hydrogens is 630 g/mol. The molecule has 1 aromatic carbocycles. The van der Waals surface area contributed by atoms with Crippen LogP contribution in [0, 0.1) is 11.8 Å². The number of piperidine rings is 1. The fraction of sp³-hybridized carbons (Fsp3) is 0.700. The maximum absolute atomic E-state index is 14.1. The lowest BCUT2D eigenvalue weighted by molar-refractivity contribution is -0.158. The van der Waals surface area contributed by atoms with Crippen LogP contribution in [0.15, 0.2) is 42.0 Å². The van der Waals surface area contributed by atoms with Crippen molar-refractivity contribution in [1.29, 1.82) is 0 Å². The Bertz CT molecular complexity index is 1290. The van der Waals surface area contributed by atoms with Gasteiger partial charge in [0.05, 0.1) is 12.1 Å². The molecular formula is C40H65N5O5. The van der Waals surface area contributed by atoms with Crippen LogP contribution in [0.4, 0.5) is 0 Å². The molecule has 50 heavy (non-hydrogen) atoms. The number of carbonyl (C=O) groups excluding carboxylic acids is 4. The highest BCUT2D eigenvalue weighted by molar-refractivity contribution is 5.96. The lowest BCUT2D eigenvalue weighted by atomic mass is 9.95. The Labute approximate surface area is 301 Å². The quantitative estimate of drug-likeness (QED) is 0.182. The molecule has 2 fully saturated rings. The Morgan fingerprint density at radius 1 is 0.900 bits per heavy atom. The molecule has 0 bridgehead atoms. The van der Waals surface area contributed by atoms with Crippen molar-refractivity contribution in [3.63, 3.8) is 0 Å². The standard InChI is InChI=1S/C40H65N5O5/c1-11-43(12-2)26-35(31-19-14-13-15-20-31)50-40(49)33-22-18-24-45(33)38(47)30(9)25-34(27(3)4)42(10)39(48)36(28(5)6)41-37(46)32-21-16-17-23-44(32)29(7)8/h13-15,19-20,25,27-29,32-36H,11-12,16-18,21-24,26H2,1-10H3,(H,41,46)/b30-25+/t32?,33-,34+,35?,36-/m0/s1. The van der Waals surface area contributed by atoms with Crippen molar-refractivity contribution in [3.8, 4) is 0 Å². The van der Waals surface area contributed by atoms with Gasteiger partial charge in [-0.1, -0.05) is 84.4 Å². The highest BCUT2D eigenvalue weighted by Crippen LogP contribution is 2.27. The van der Waals surface area contributed by atoms with Crippen molar-refractivity contribution in [2.45, 2.75) is 131 Å². The Hall–Kier alpha value is -3.24. The van der Waals surface area contributed by atoms with Gasteiger partial charge in [0.15, 0.2) is 0 Å². The van der Waals surface area contributed by atoms with E-state index < -0.39 is 24.2 Å². The average Bonchev–Trinajstić information content (AvgIpc) is 3.60. The van der Waals surface area contributed by atoms with Crippen LogP contribution in [0.2, 0.25) is 0 Å². The van der Waals surface area contributed by atoms with Gasteiger partial charge in [0.25, 0.3) is 0 Å². The number of hydrogen-bond donors (Lipinski definition) is 1. The minimum absolute atomic E-state index is 0.00367. The van der Waals surface area contributed by atoms with Crippen LogP contribution in [-0.2, 0) is 23.9 Å². The van der Waals surface area contributed by atoms with E-state index in [1.54, 1.807) is 23.8 Å². The Balaban J connectivity index is 1.76. The van der Waals surface area contributed by atoms with E-state index >= 15 is 0 Å². The number of hydrogen-bond acceptors (Lipinski definition) is 7. The number of rotatable bonds is 16. The molecule has 0 spiro atoms. The number of ether oxygens (including phenoxy) is 1. The van der Waals surface area contributed by atoms with Gasteiger partial charge in [0, 0.05) is 31.8 Å². The molecule has 10 heteroatoms. The highest BCUT2D eigenvalue weighted by Gasteiger charge is 2.39. The second-order valence-electron chi connectivity index (χ2n) is 15.1. The van der Waals surface area contributed by atoms with Crippen LogP contribution in [-0.4, -0.2) is 113 Å². The molecule has 0 saturated carbocycles. The second kappa shape index (κ2) is 19.4. The smallest absolute Gasteiger partial charge is 0.329 e. The number of likely N-dealkylation sites (tertiary alicyclic amines) is 2. The maximum Gasteiger partial charge on any atom is 0.329 e. The summed E-state index contributed by atoms with van der Waals surface area (Å²) < 4.78 is 6.16. The Morgan fingerprint density at radius 3 is 2.12 bits per heavy atom. The van der Waals surface area contributed by atoms with E-state index in [0.29, 0.717) is 31.5 Å². The summed E-state index contributed by atoms with van der Waals surface area (Å²) >= 11 is 0. The zero-order valence-electron chi connectivity index (χ0n) is 32.5. The van der Waals surface area contributed by atoms with Crippen LogP contribution < -0.4 is 5.32 Å².